The highest BCUT2D eigenvalue weighted by atomic mass is 19.4. The lowest BCUT2D eigenvalue weighted by Crippen LogP contribution is -2.48. The number of ether oxygens (including phenoxy) is 2. The number of carbonyl (C=O) groups excluding carboxylic acids is 2. The number of halogens is 3. The highest BCUT2D eigenvalue weighted by Gasteiger charge is 2.30. The van der Waals surface area contributed by atoms with Gasteiger partial charge in [0.1, 0.15) is 17.2 Å². The van der Waals surface area contributed by atoms with E-state index in [0.29, 0.717) is 42.4 Å². The molecule has 2 amide bonds. The Kier molecular flexibility index (Phi) is 16.9. The molecular formula is C47H52F3N5O8. The average Bonchev–Trinajstić information content (AvgIpc) is 3.60. The van der Waals surface area contributed by atoms with Gasteiger partial charge in [0.2, 0.25) is 5.88 Å². The lowest BCUT2D eigenvalue weighted by Gasteiger charge is -2.34. The van der Waals surface area contributed by atoms with Crippen molar-refractivity contribution in [3.8, 4) is 17.4 Å². The molecule has 1 aliphatic heterocycles. The van der Waals surface area contributed by atoms with E-state index in [0.717, 1.165) is 73.6 Å². The quantitative estimate of drug-likeness (QED) is 0.0683. The van der Waals surface area contributed by atoms with Crippen molar-refractivity contribution < 1.29 is 52.0 Å². The summed E-state index contributed by atoms with van der Waals surface area (Å²) in [4.78, 5) is 55.6. The Hall–Kier alpha value is -6.68. The number of unbranched alkanes of at least 4 members (excludes halogenated alkanes) is 5. The third-order valence-corrected chi connectivity index (χ3v) is 10.5. The standard InChI is InChI=1S/C43H48F3N5O4.C4H4O4/c1-4-5-6-7-8-9-26-54-36-17-10-31(11-18-36)30-50-22-24-51(25-23-50)42(53)39-28-33-27-37(19-20-38(33)49(39)3)55-40-21-16-35(29-47-40)48(2)41(52)32-12-14-34(15-13-32)43(44,45)46;5-3(6)1-2-4(7)8/h10-21,27-29H,4-9,22-26,30H2,1-3H3;1-2H,(H,5,6)(H,7,8)/b;2-1-. The molecular weight excluding hydrogens is 820 g/mol. The normalized spacial score (nSPS) is 13.1. The monoisotopic (exact) mass is 871 g/mol. The predicted molar refractivity (Wildman–Crippen MR) is 232 cm³/mol. The molecule has 6 rings (SSSR count). The molecule has 0 atom stereocenters. The summed E-state index contributed by atoms with van der Waals surface area (Å²) >= 11 is 0. The molecule has 2 aromatic heterocycles. The molecule has 1 saturated heterocycles. The molecule has 0 bridgehead atoms. The van der Waals surface area contributed by atoms with Crippen molar-refractivity contribution in [2.45, 2.75) is 58.2 Å². The number of pyridine rings is 1. The van der Waals surface area contributed by atoms with Gasteiger partial charge in [-0.25, -0.2) is 14.6 Å². The van der Waals surface area contributed by atoms with Gasteiger partial charge < -0.3 is 34.1 Å². The SMILES string of the molecule is CCCCCCCCOc1ccc(CN2CCN(C(=O)c3cc4cc(Oc5ccc(N(C)C(=O)c6ccc(C(F)(F)F)cc6)cn5)ccc4n3C)CC2)cc1.O=C(O)/C=C\C(=O)O. The van der Waals surface area contributed by atoms with Gasteiger partial charge in [0.25, 0.3) is 11.8 Å². The highest BCUT2D eigenvalue weighted by Crippen LogP contribution is 2.31. The van der Waals surface area contributed by atoms with Crippen LogP contribution in [0.5, 0.6) is 17.4 Å². The number of nitrogens with zero attached hydrogens (tertiary/aromatic N) is 5. The molecule has 1 aliphatic rings. The number of piperazine rings is 1. The van der Waals surface area contributed by atoms with Gasteiger partial charge in [0, 0.05) is 81.5 Å². The molecule has 3 heterocycles. The van der Waals surface area contributed by atoms with E-state index in [1.807, 2.05) is 34.7 Å². The zero-order valence-electron chi connectivity index (χ0n) is 35.5. The van der Waals surface area contributed by atoms with E-state index in [9.17, 15) is 32.3 Å². The average molecular weight is 872 g/mol. The molecule has 0 unspecified atom stereocenters. The number of hydrogen-bond acceptors (Lipinski definition) is 8. The van der Waals surface area contributed by atoms with Gasteiger partial charge in [-0.15, -0.1) is 0 Å². The number of aryl methyl sites for hydroxylation is 1. The minimum Gasteiger partial charge on any atom is -0.494 e. The van der Waals surface area contributed by atoms with Gasteiger partial charge >= 0.3 is 18.1 Å². The van der Waals surface area contributed by atoms with Gasteiger partial charge in [-0.2, -0.15) is 13.2 Å². The van der Waals surface area contributed by atoms with Gasteiger partial charge in [0.05, 0.1) is 24.1 Å². The minimum absolute atomic E-state index is 0.0140. The number of carboxylic acid groups (broad SMARTS) is 2. The third kappa shape index (κ3) is 13.9. The molecule has 0 radical (unpaired) electrons. The van der Waals surface area contributed by atoms with Gasteiger partial charge in [-0.3, -0.25) is 14.5 Å². The summed E-state index contributed by atoms with van der Waals surface area (Å²) in [6, 6.07) is 23.1. The molecule has 0 saturated carbocycles. The maximum Gasteiger partial charge on any atom is 0.416 e. The van der Waals surface area contributed by atoms with Gasteiger partial charge in [-0.1, -0.05) is 51.2 Å². The van der Waals surface area contributed by atoms with Crippen LogP contribution in [0.4, 0.5) is 18.9 Å². The second-order valence-electron chi connectivity index (χ2n) is 15.0. The van der Waals surface area contributed by atoms with Crippen LogP contribution in [0.15, 0.2) is 103 Å². The maximum atomic E-state index is 13.7. The fourth-order valence-electron chi connectivity index (χ4n) is 6.90. The Bertz CT molecular complexity index is 2320. The van der Waals surface area contributed by atoms with Crippen molar-refractivity contribution in [3.63, 3.8) is 0 Å². The maximum absolute atomic E-state index is 13.7. The number of hydrogen-bond donors (Lipinski definition) is 2. The van der Waals surface area contributed by atoms with E-state index in [1.165, 1.54) is 55.8 Å². The number of fused-ring (bicyclic) bond motifs is 1. The Labute approximate surface area is 364 Å². The Morgan fingerprint density at radius 3 is 2.03 bits per heavy atom. The number of aromatic nitrogens is 2. The number of rotatable bonds is 17. The van der Waals surface area contributed by atoms with Crippen LogP contribution in [-0.2, 0) is 29.4 Å². The molecule has 5 aromatic rings. The zero-order chi connectivity index (χ0) is 45.5. The van der Waals surface area contributed by atoms with E-state index in [4.69, 9.17) is 19.7 Å². The van der Waals surface area contributed by atoms with Crippen LogP contribution < -0.4 is 14.4 Å². The topological polar surface area (TPSA) is 155 Å². The van der Waals surface area contributed by atoms with Crippen LogP contribution in [-0.4, -0.2) is 93.2 Å². The Balaban J connectivity index is 0.000000852. The summed E-state index contributed by atoms with van der Waals surface area (Å²) in [5.41, 5.74) is 2.45. The van der Waals surface area contributed by atoms with Crippen LogP contribution in [0, 0.1) is 0 Å². The molecule has 63 heavy (non-hydrogen) atoms. The van der Waals surface area contributed by atoms with Gasteiger partial charge in [0.15, 0.2) is 0 Å². The molecule has 13 nitrogen and oxygen atoms in total. The van der Waals surface area contributed by atoms with Crippen molar-refractivity contribution in [1.29, 1.82) is 0 Å². The summed E-state index contributed by atoms with van der Waals surface area (Å²) in [6.07, 6.45) is 5.55. The van der Waals surface area contributed by atoms with Crippen LogP contribution in [0.2, 0.25) is 0 Å². The molecule has 334 valence electrons. The first-order valence-corrected chi connectivity index (χ1v) is 20.7. The van der Waals surface area contributed by atoms with Crippen LogP contribution >= 0.6 is 0 Å². The lowest BCUT2D eigenvalue weighted by atomic mass is 10.1. The number of alkyl halides is 3. The van der Waals surface area contributed by atoms with Crippen LogP contribution in [0.25, 0.3) is 10.9 Å². The Morgan fingerprint density at radius 2 is 1.43 bits per heavy atom. The first-order valence-electron chi connectivity index (χ1n) is 20.7. The zero-order valence-corrected chi connectivity index (χ0v) is 35.5. The number of benzene rings is 3. The van der Waals surface area contributed by atoms with Crippen LogP contribution in [0.1, 0.15) is 77.4 Å². The van der Waals surface area contributed by atoms with Crippen molar-refractivity contribution in [2.24, 2.45) is 7.05 Å². The van der Waals surface area contributed by atoms with Crippen molar-refractivity contribution in [2.75, 3.05) is 44.7 Å². The van der Waals surface area contributed by atoms with Gasteiger partial charge in [-0.05, 0) is 78.7 Å². The second kappa shape index (κ2) is 22.4. The molecule has 16 heteroatoms. The summed E-state index contributed by atoms with van der Waals surface area (Å²) in [7, 11) is 3.41. The molecule has 2 N–H and O–H groups in total. The molecule has 1 fully saturated rings. The summed E-state index contributed by atoms with van der Waals surface area (Å²) < 4.78 is 52.6. The van der Waals surface area contributed by atoms with E-state index in [2.05, 4.69) is 41.1 Å². The molecule has 0 spiro atoms. The number of anilines is 1. The second-order valence-corrected chi connectivity index (χ2v) is 15.0. The van der Waals surface area contributed by atoms with E-state index >= 15 is 0 Å². The number of amides is 2. The first kappa shape index (κ1) is 47.4. The van der Waals surface area contributed by atoms with E-state index in [-0.39, 0.29) is 17.4 Å². The number of carboxylic acids is 2. The molecule has 0 aliphatic carbocycles. The summed E-state index contributed by atoms with van der Waals surface area (Å²) in [5.74, 6) is -1.28. The van der Waals surface area contributed by atoms with Crippen molar-refractivity contribution >= 4 is 40.3 Å². The molecule has 3 aromatic carbocycles. The summed E-state index contributed by atoms with van der Waals surface area (Å²) in [6.45, 7) is 6.66. The fraction of sp³-hybridized carbons (Fsp3) is 0.340. The predicted octanol–water partition coefficient (Wildman–Crippen LogP) is 9.07. The van der Waals surface area contributed by atoms with Crippen molar-refractivity contribution in [1.82, 2.24) is 19.4 Å². The van der Waals surface area contributed by atoms with Crippen LogP contribution in [0.3, 0.4) is 0 Å². The smallest absolute Gasteiger partial charge is 0.416 e. The largest absolute Gasteiger partial charge is 0.494 e. The lowest BCUT2D eigenvalue weighted by molar-refractivity contribution is -0.137. The Morgan fingerprint density at radius 1 is 0.794 bits per heavy atom. The van der Waals surface area contributed by atoms with E-state index < -0.39 is 29.6 Å². The van der Waals surface area contributed by atoms with Crippen molar-refractivity contribution in [3.05, 3.63) is 126 Å². The first-order chi connectivity index (χ1) is 30.1. The third-order valence-electron chi connectivity index (χ3n) is 10.5. The highest BCUT2D eigenvalue weighted by molar-refractivity contribution is 6.05. The fourth-order valence-corrected chi connectivity index (χ4v) is 6.90. The number of carbonyl (C=O) groups is 4. The van der Waals surface area contributed by atoms with E-state index in [1.54, 1.807) is 18.2 Å². The summed E-state index contributed by atoms with van der Waals surface area (Å²) in [5, 5.41) is 16.5. The minimum atomic E-state index is -4.48. The number of aliphatic carboxylic acids is 2.